The van der Waals surface area contributed by atoms with Gasteiger partial charge in [-0.3, -0.25) is 0 Å². The molecule has 0 aliphatic carbocycles. The highest BCUT2D eigenvalue weighted by Crippen LogP contribution is 2.06. The van der Waals surface area contributed by atoms with Gasteiger partial charge in [0.05, 0.1) is 0 Å². The van der Waals surface area contributed by atoms with Crippen LogP contribution in [0.5, 0.6) is 0 Å². The van der Waals surface area contributed by atoms with Crippen LogP contribution in [0.1, 0.15) is 26.2 Å². The highest BCUT2D eigenvalue weighted by Gasteiger charge is 1.82. The van der Waals surface area contributed by atoms with Gasteiger partial charge in [-0.05, 0) is 17.7 Å². The molecule has 7 heavy (non-hydrogen) atoms. The van der Waals surface area contributed by atoms with Crippen molar-refractivity contribution in [2.45, 2.75) is 26.2 Å². The molecule has 0 bridgehead atoms. The van der Waals surface area contributed by atoms with E-state index in [1.165, 1.54) is 12.8 Å². The van der Waals surface area contributed by atoms with Gasteiger partial charge in [0.15, 0.2) is 0 Å². The van der Waals surface area contributed by atoms with Gasteiger partial charge in [-0.2, -0.15) is 0 Å². The van der Waals surface area contributed by atoms with E-state index in [2.05, 4.69) is 26.1 Å². The van der Waals surface area contributed by atoms with Crippen molar-refractivity contribution in [1.82, 2.24) is 0 Å². The number of hydrogen-bond donors (Lipinski definition) is 1. The molecule has 0 saturated carbocycles. The van der Waals surface area contributed by atoms with Crippen LogP contribution in [0.3, 0.4) is 0 Å². The maximum Gasteiger partial charge on any atom is -0.0227 e. The summed E-state index contributed by atoms with van der Waals surface area (Å²) in [6.45, 7) is 5.82. The van der Waals surface area contributed by atoms with Crippen molar-refractivity contribution in [2.24, 2.45) is 0 Å². The number of rotatable bonds is 3. The van der Waals surface area contributed by atoms with Crippen LogP contribution in [-0.2, 0) is 0 Å². The van der Waals surface area contributed by atoms with E-state index in [-0.39, 0.29) is 0 Å². The number of thiol groups is 1. The Hall–Kier alpha value is 0.0900. The molecule has 0 fully saturated rings. The summed E-state index contributed by atoms with van der Waals surface area (Å²) in [5.41, 5.74) is 0. The molecule has 0 saturated heterocycles. The average molecular weight is 116 g/mol. The van der Waals surface area contributed by atoms with Crippen molar-refractivity contribution in [1.29, 1.82) is 0 Å². The minimum Gasteiger partial charge on any atom is -0.149 e. The SMILES string of the molecule is C=C(S)CCCC. The second kappa shape index (κ2) is 4.25. The lowest BCUT2D eigenvalue weighted by Crippen LogP contribution is -1.68. The summed E-state index contributed by atoms with van der Waals surface area (Å²) in [6, 6.07) is 0. The molecule has 0 rings (SSSR count). The lowest BCUT2D eigenvalue weighted by atomic mass is 10.2. The fraction of sp³-hybridized carbons (Fsp3) is 0.667. The molecule has 0 nitrogen and oxygen atoms in total. The van der Waals surface area contributed by atoms with Crippen LogP contribution in [0.15, 0.2) is 11.5 Å². The summed E-state index contributed by atoms with van der Waals surface area (Å²) in [5.74, 6) is 0. The van der Waals surface area contributed by atoms with Crippen molar-refractivity contribution >= 4 is 12.6 Å². The Morgan fingerprint density at radius 2 is 2.29 bits per heavy atom. The predicted molar refractivity (Wildman–Crippen MR) is 37.7 cm³/mol. The van der Waals surface area contributed by atoms with E-state index in [4.69, 9.17) is 0 Å². The molecule has 0 aliphatic heterocycles. The van der Waals surface area contributed by atoms with E-state index >= 15 is 0 Å². The highest BCUT2D eigenvalue weighted by atomic mass is 32.1. The molecule has 0 amide bonds. The monoisotopic (exact) mass is 116 g/mol. The van der Waals surface area contributed by atoms with Gasteiger partial charge in [0.2, 0.25) is 0 Å². The Labute approximate surface area is 51.0 Å². The second-order valence-electron chi connectivity index (χ2n) is 1.67. The summed E-state index contributed by atoms with van der Waals surface area (Å²) in [6.07, 6.45) is 3.53. The molecule has 0 unspecified atom stereocenters. The quantitative estimate of drug-likeness (QED) is 0.538. The minimum absolute atomic E-state index is 1.00. The van der Waals surface area contributed by atoms with Gasteiger partial charge in [0.25, 0.3) is 0 Å². The fourth-order valence-electron chi connectivity index (χ4n) is 0.381. The van der Waals surface area contributed by atoms with E-state index < -0.39 is 0 Å². The van der Waals surface area contributed by atoms with Gasteiger partial charge in [0.1, 0.15) is 0 Å². The van der Waals surface area contributed by atoms with Crippen molar-refractivity contribution in [2.75, 3.05) is 0 Å². The van der Waals surface area contributed by atoms with Crippen LogP contribution >= 0.6 is 12.6 Å². The molecular weight excluding hydrogens is 104 g/mol. The zero-order valence-electron chi connectivity index (χ0n) is 4.78. The first-order valence-corrected chi connectivity index (χ1v) is 3.09. The molecular formula is C6H12S. The van der Waals surface area contributed by atoms with Crippen molar-refractivity contribution in [3.05, 3.63) is 11.5 Å². The molecule has 42 valence electrons. The maximum atomic E-state index is 4.04. The first-order chi connectivity index (χ1) is 3.27. The van der Waals surface area contributed by atoms with Gasteiger partial charge in [-0.15, -0.1) is 12.6 Å². The molecule has 0 heterocycles. The molecule has 0 aliphatic rings. The van der Waals surface area contributed by atoms with Gasteiger partial charge >= 0.3 is 0 Å². The molecule has 0 aromatic heterocycles. The van der Waals surface area contributed by atoms with Crippen LogP contribution in [0.2, 0.25) is 0 Å². The summed E-state index contributed by atoms with van der Waals surface area (Å²) in [5, 5.41) is 0. The zero-order valence-corrected chi connectivity index (χ0v) is 5.67. The van der Waals surface area contributed by atoms with Gasteiger partial charge in [-0.25, -0.2) is 0 Å². The molecule has 0 atom stereocenters. The van der Waals surface area contributed by atoms with Crippen LogP contribution < -0.4 is 0 Å². The first kappa shape index (κ1) is 7.09. The largest absolute Gasteiger partial charge is 0.149 e. The van der Waals surface area contributed by atoms with Crippen LogP contribution in [0.4, 0.5) is 0 Å². The van der Waals surface area contributed by atoms with Gasteiger partial charge in [-0.1, -0.05) is 19.9 Å². The number of unbranched alkanes of at least 4 members (excludes halogenated alkanes) is 1. The summed E-state index contributed by atoms with van der Waals surface area (Å²) >= 11 is 4.04. The number of hydrogen-bond acceptors (Lipinski definition) is 1. The van der Waals surface area contributed by atoms with E-state index in [1.807, 2.05) is 0 Å². The van der Waals surface area contributed by atoms with Crippen molar-refractivity contribution in [3.63, 3.8) is 0 Å². The fourth-order valence-corrected chi connectivity index (χ4v) is 0.539. The molecule has 0 spiro atoms. The number of allylic oxidation sites excluding steroid dienone is 1. The van der Waals surface area contributed by atoms with Crippen molar-refractivity contribution in [3.8, 4) is 0 Å². The summed E-state index contributed by atoms with van der Waals surface area (Å²) < 4.78 is 0. The zero-order chi connectivity index (χ0) is 5.70. The van der Waals surface area contributed by atoms with Gasteiger partial charge < -0.3 is 0 Å². The lowest BCUT2D eigenvalue weighted by Gasteiger charge is -1.90. The summed E-state index contributed by atoms with van der Waals surface area (Å²) in [7, 11) is 0. The predicted octanol–water partition coefficient (Wildman–Crippen LogP) is 2.62. The lowest BCUT2D eigenvalue weighted by molar-refractivity contribution is 0.810. The Morgan fingerprint density at radius 3 is 2.43 bits per heavy atom. The van der Waals surface area contributed by atoms with E-state index in [9.17, 15) is 0 Å². The topological polar surface area (TPSA) is 0 Å². The smallest absolute Gasteiger partial charge is 0.0227 e. The molecule has 0 N–H and O–H groups in total. The normalized spacial score (nSPS) is 8.86. The third-order valence-corrected chi connectivity index (χ3v) is 1.04. The molecule has 1 heteroatoms. The second-order valence-corrected chi connectivity index (χ2v) is 2.30. The van der Waals surface area contributed by atoms with E-state index in [0.29, 0.717) is 0 Å². The molecule has 0 aromatic rings. The molecule has 0 aromatic carbocycles. The molecule has 0 radical (unpaired) electrons. The minimum atomic E-state index is 1.00. The Kier molecular flexibility index (Phi) is 4.31. The van der Waals surface area contributed by atoms with E-state index in [0.717, 1.165) is 11.3 Å². The van der Waals surface area contributed by atoms with Crippen LogP contribution in [-0.4, -0.2) is 0 Å². The highest BCUT2D eigenvalue weighted by molar-refractivity contribution is 7.84. The first-order valence-electron chi connectivity index (χ1n) is 2.64. The Bertz CT molecular complexity index is 57.2. The average Bonchev–Trinajstić information content (AvgIpc) is 1.61. The third kappa shape index (κ3) is 6.09. The third-order valence-electron chi connectivity index (χ3n) is 0.819. The van der Waals surface area contributed by atoms with Crippen molar-refractivity contribution < 1.29 is 0 Å². The van der Waals surface area contributed by atoms with Crippen LogP contribution in [0.25, 0.3) is 0 Å². The van der Waals surface area contributed by atoms with E-state index in [1.54, 1.807) is 0 Å². The summed E-state index contributed by atoms with van der Waals surface area (Å²) in [4.78, 5) is 1.00. The van der Waals surface area contributed by atoms with Gasteiger partial charge in [0, 0.05) is 0 Å². The Balaban J connectivity index is 2.82. The Morgan fingerprint density at radius 1 is 1.71 bits per heavy atom. The standard InChI is InChI=1S/C6H12S/c1-3-4-5-6(2)7/h7H,2-5H2,1H3. The maximum absolute atomic E-state index is 4.04. The van der Waals surface area contributed by atoms with Crippen LogP contribution in [0, 0.1) is 0 Å².